The van der Waals surface area contributed by atoms with Crippen molar-refractivity contribution in [3.05, 3.63) is 181 Å². The van der Waals surface area contributed by atoms with E-state index in [1.54, 1.807) is 0 Å². The summed E-state index contributed by atoms with van der Waals surface area (Å²) in [5.74, 6) is 0. The van der Waals surface area contributed by atoms with Crippen molar-refractivity contribution in [2.45, 2.75) is 19.3 Å². The summed E-state index contributed by atoms with van der Waals surface area (Å²) in [4.78, 5) is 4.71. The van der Waals surface area contributed by atoms with Crippen LogP contribution in [0.4, 0.5) is 34.1 Å². The van der Waals surface area contributed by atoms with Crippen molar-refractivity contribution < 1.29 is 0 Å². The lowest BCUT2D eigenvalue weighted by molar-refractivity contribution is 0.667. The normalized spacial score (nSPS) is 13.0. The highest BCUT2D eigenvalue weighted by Crippen LogP contribution is 2.55. The molecule has 0 saturated carbocycles. The van der Waals surface area contributed by atoms with Crippen LogP contribution in [0.3, 0.4) is 0 Å². The summed E-state index contributed by atoms with van der Waals surface area (Å²) < 4.78 is 2.69. The lowest BCUT2D eigenvalue weighted by Gasteiger charge is -2.28. The minimum absolute atomic E-state index is 0.164. The van der Waals surface area contributed by atoms with E-state index in [4.69, 9.17) is 0 Å². The van der Waals surface area contributed by atoms with E-state index >= 15 is 0 Å². The minimum atomic E-state index is -0.164. The number of thiophene rings is 1. The van der Waals surface area contributed by atoms with Crippen LogP contribution in [-0.2, 0) is 5.41 Å². The Kier molecular flexibility index (Phi) is 6.70. The van der Waals surface area contributed by atoms with Gasteiger partial charge in [0.05, 0.1) is 0 Å². The Morgan fingerprint density at radius 2 is 0.854 bits per heavy atom. The van der Waals surface area contributed by atoms with E-state index in [0.717, 1.165) is 28.4 Å². The minimum Gasteiger partial charge on any atom is -0.310 e. The molecule has 0 aliphatic heterocycles. The van der Waals surface area contributed by atoms with Gasteiger partial charge < -0.3 is 9.80 Å². The van der Waals surface area contributed by atoms with Gasteiger partial charge in [-0.2, -0.15) is 0 Å². The predicted octanol–water partition coefficient (Wildman–Crippen LogP) is 13.3. The van der Waals surface area contributed by atoms with Gasteiger partial charge in [0.25, 0.3) is 0 Å². The molecule has 0 radical (unpaired) electrons. The Labute approximate surface area is 285 Å². The molecule has 48 heavy (non-hydrogen) atoms. The van der Waals surface area contributed by atoms with E-state index in [2.05, 4.69) is 194 Å². The smallest absolute Gasteiger partial charge is 0.0476 e. The first kappa shape index (κ1) is 28.6. The molecule has 1 aliphatic carbocycles. The second-order valence-corrected chi connectivity index (χ2v) is 14.1. The number of hydrogen-bond acceptors (Lipinski definition) is 3. The summed E-state index contributed by atoms with van der Waals surface area (Å²) in [6.07, 6.45) is 0. The maximum atomic E-state index is 2.42. The van der Waals surface area contributed by atoms with Gasteiger partial charge in [-0.15, -0.1) is 11.3 Å². The number of para-hydroxylation sites is 4. The number of hydrogen-bond donors (Lipinski definition) is 0. The van der Waals surface area contributed by atoms with Crippen LogP contribution in [0.2, 0.25) is 0 Å². The summed E-state index contributed by atoms with van der Waals surface area (Å²) in [5, 5.41) is 2.65. The highest BCUT2D eigenvalue weighted by molar-refractivity contribution is 7.26. The summed E-state index contributed by atoms with van der Waals surface area (Å²) in [7, 11) is 0. The van der Waals surface area contributed by atoms with Crippen LogP contribution >= 0.6 is 11.3 Å². The molecule has 0 atom stereocenters. The molecule has 1 heterocycles. The van der Waals surface area contributed by atoms with Gasteiger partial charge in [0.1, 0.15) is 0 Å². The van der Waals surface area contributed by atoms with Crippen molar-refractivity contribution in [3.8, 4) is 11.1 Å². The maximum Gasteiger partial charge on any atom is 0.0476 e. The average molecular weight is 635 g/mol. The molecule has 0 unspecified atom stereocenters. The van der Waals surface area contributed by atoms with E-state index in [1.165, 1.54) is 48.1 Å². The number of benzene rings is 7. The van der Waals surface area contributed by atoms with Gasteiger partial charge >= 0.3 is 0 Å². The molecule has 0 bridgehead atoms. The molecule has 8 aromatic rings. The van der Waals surface area contributed by atoms with Crippen LogP contribution in [0, 0.1) is 0 Å². The zero-order chi connectivity index (χ0) is 32.2. The Morgan fingerprint density at radius 3 is 1.38 bits per heavy atom. The molecule has 230 valence electrons. The molecule has 0 N–H and O–H groups in total. The highest BCUT2D eigenvalue weighted by atomic mass is 32.1. The second kappa shape index (κ2) is 11.3. The quantitative estimate of drug-likeness (QED) is 0.180. The third-order valence-electron chi connectivity index (χ3n) is 9.79. The van der Waals surface area contributed by atoms with E-state index in [9.17, 15) is 0 Å². The molecule has 9 rings (SSSR count). The number of nitrogens with zero attached hydrogens (tertiary/aromatic N) is 2. The molecular formula is C45H34N2S. The monoisotopic (exact) mass is 634 g/mol. The third-order valence-corrected chi connectivity index (χ3v) is 11.0. The zero-order valence-corrected chi connectivity index (χ0v) is 27.8. The van der Waals surface area contributed by atoms with E-state index in [0.29, 0.717) is 0 Å². The van der Waals surface area contributed by atoms with Gasteiger partial charge in [-0.1, -0.05) is 111 Å². The zero-order valence-electron chi connectivity index (χ0n) is 27.0. The molecule has 0 fully saturated rings. The fourth-order valence-corrected chi connectivity index (χ4v) is 9.02. The fraction of sp³-hybridized carbons (Fsp3) is 0.0667. The van der Waals surface area contributed by atoms with Crippen molar-refractivity contribution >= 4 is 65.6 Å². The molecule has 0 saturated heterocycles. The summed E-state index contributed by atoms with van der Waals surface area (Å²) in [6, 6.07) is 61.4. The molecule has 0 spiro atoms. The van der Waals surface area contributed by atoms with Crippen molar-refractivity contribution in [1.29, 1.82) is 0 Å². The molecular weight excluding hydrogens is 601 g/mol. The Bertz CT molecular complexity index is 2330. The first-order chi connectivity index (χ1) is 23.6. The molecule has 0 amide bonds. The summed E-state index contributed by atoms with van der Waals surface area (Å²) >= 11 is 1.93. The largest absolute Gasteiger partial charge is 0.310 e. The molecule has 1 aromatic heterocycles. The standard InChI is InChI=1S/C45H34N2S/c1-45(2)41-29-35(46(31-15-7-3-8-16-31)32-17-9-4-10-18-32)23-25-37(41)39-27-28-40-38-26-24-36(30-42(38)48-44(40)43(39)45)47(33-19-11-5-12-20-33)34-21-13-6-14-22-34/h3-30H,1-2H3. The summed E-state index contributed by atoms with van der Waals surface area (Å²) in [5.41, 5.74) is 12.3. The molecule has 1 aliphatic rings. The SMILES string of the molecule is CC1(C)c2cc(N(c3ccccc3)c3ccccc3)ccc2-c2ccc3c(sc4cc(N(c5ccccc5)c5ccccc5)ccc43)c21. The van der Waals surface area contributed by atoms with Crippen LogP contribution < -0.4 is 9.80 Å². The Hall–Kier alpha value is -5.64. The van der Waals surface area contributed by atoms with Gasteiger partial charge in [0, 0.05) is 59.7 Å². The lowest BCUT2D eigenvalue weighted by atomic mass is 9.81. The molecule has 3 heteroatoms. The first-order valence-electron chi connectivity index (χ1n) is 16.5. The number of fused-ring (bicyclic) bond motifs is 7. The van der Waals surface area contributed by atoms with E-state index in [1.807, 2.05) is 11.3 Å². The third kappa shape index (κ3) is 4.54. The predicted molar refractivity (Wildman–Crippen MR) is 206 cm³/mol. The topological polar surface area (TPSA) is 6.48 Å². The van der Waals surface area contributed by atoms with Crippen molar-refractivity contribution in [2.24, 2.45) is 0 Å². The number of anilines is 6. The van der Waals surface area contributed by atoms with Crippen LogP contribution in [-0.4, -0.2) is 0 Å². The van der Waals surface area contributed by atoms with Crippen LogP contribution in [0.1, 0.15) is 25.0 Å². The maximum absolute atomic E-state index is 2.42. The van der Waals surface area contributed by atoms with Gasteiger partial charge in [0.2, 0.25) is 0 Å². The Morgan fingerprint density at radius 1 is 0.417 bits per heavy atom. The van der Waals surface area contributed by atoms with Crippen molar-refractivity contribution in [1.82, 2.24) is 0 Å². The van der Waals surface area contributed by atoms with Crippen molar-refractivity contribution in [3.63, 3.8) is 0 Å². The van der Waals surface area contributed by atoms with Crippen LogP contribution in [0.25, 0.3) is 31.3 Å². The lowest BCUT2D eigenvalue weighted by Crippen LogP contribution is -2.16. The average Bonchev–Trinajstić information content (AvgIpc) is 3.61. The molecule has 7 aromatic carbocycles. The van der Waals surface area contributed by atoms with Gasteiger partial charge in [-0.05, 0) is 95.1 Å². The van der Waals surface area contributed by atoms with E-state index in [-0.39, 0.29) is 5.41 Å². The highest BCUT2D eigenvalue weighted by Gasteiger charge is 2.38. The van der Waals surface area contributed by atoms with Crippen LogP contribution in [0.15, 0.2) is 170 Å². The second-order valence-electron chi connectivity index (χ2n) is 13.0. The van der Waals surface area contributed by atoms with Gasteiger partial charge in [-0.3, -0.25) is 0 Å². The van der Waals surface area contributed by atoms with Crippen molar-refractivity contribution in [2.75, 3.05) is 9.80 Å². The summed E-state index contributed by atoms with van der Waals surface area (Å²) in [6.45, 7) is 4.80. The van der Waals surface area contributed by atoms with E-state index < -0.39 is 0 Å². The Balaban J connectivity index is 1.18. The molecule has 2 nitrogen and oxygen atoms in total. The number of rotatable bonds is 6. The van der Waals surface area contributed by atoms with Gasteiger partial charge in [-0.25, -0.2) is 0 Å². The van der Waals surface area contributed by atoms with Crippen LogP contribution in [0.5, 0.6) is 0 Å². The first-order valence-corrected chi connectivity index (χ1v) is 17.3. The fourth-order valence-electron chi connectivity index (χ4n) is 7.57. The van der Waals surface area contributed by atoms with Gasteiger partial charge in [0.15, 0.2) is 0 Å².